The van der Waals surface area contributed by atoms with Crippen LogP contribution in [-0.2, 0) is 11.3 Å². The SMILES string of the molecule is CCNC(=NCc1ccc(-n2ccnc2C)c(F)c1)NCC1CC(=O)Nc2ccccc21. The van der Waals surface area contributed by atoms with Gasteiger partial charge in [-0.3, -0.25) is 4.79 Å². The Morgan fingerprint density at radius 2 is 2.12 bits per heavy atom. The van der Waals surface area contributed by atoms with Crippen LogP contribution in [0.15, 0.2) is 59.9 Å². The number of aromatic nitrogens is 2. The van der Waals surface area contributed by atoms with Crippen LogP contribution < -0.4 is 16.0 Å². The van der Waals surface area contributed by atoms with Gasteiger partial charge in [0, 0.05) is 43.5 Å². The molecule has 0 fully saturated rings. The van der Waals surface area contributed by atoms with E-state index in [9.17, 15) is 9.18 Å². The van der Waals surface area contributed by atoms with Crippen molar-refractivity contribution >= 4 is 17.6 Å². The van der Waals surface area contributed by atoms with Gasteiger partial charge in [0.25, 0.3) is 0 Å². The number of nitrogens with zero attached hydrogens (tertiary/aromatic N) is 3. The highest BCUT2D eigenvalue weighted by Crippen LogP contribution is 2.31. The van der Waals surface area contributed by atoms with E-state index in [-0.39, 0.29) is 17.6 Å². The van der Waals surface area contributed by atoms with Gasteiger partial charge in [-0.05, 0) is 43.2 Å². The second kappa shape index (κ2) is 9.64. The number of hydrogen-bond donors (Lipinski definition) is 3. The summed E-state index contributed by atoms with van der Waals surface area (Å²) in [6, 6.07) is 13.0. The van der Waals surface area contributed by atoms with Gasteiger partial charge in [-0.15, -0.1) is 0 Å². The molecule has 0 saturated heterocycles. The van der Waals surface area contributed by atoms with Crippen molar-refractivity contribution in [2.24, 2.45) is 4.99 Å². The molecule has 1 aliphatic rings. The molecule has 8 heteroatoms. The molecule has 1 atom stereocenters. The number of guanidine groups is 1. The van der Waals surface area contributed by atoms with Gasteiger partial charge in [-0.1, -0.05) is 24.3 Å². The Morgan fingerprint density at radius 3 is 2.88 bits per heavy atom. The molecule has 1 amide bonds. The summed E-state index contributed by atoms with van der Waals surface area (Å²) in [6.45, 7) is 5.42. The zero-order valence-corrected chi connectivity index (χ0v) is 18.2. The molecule has 0 bridgehead atoms. The van der Waals surface area contributed by atoms with E-state index in [1.54, 1.807) is 23.0 Å². The van der Waals surface area contributed by atoms with Crippen molar-refractivity contribution in [1.29, 1.82) is 0 Å². The van der Waals surface area contributed by atoms with Gasteiger partial charge in [-0.25, -0.2) is 14.4 Å². The van der Waals surface area contributed by atoms with Crippen molar-refractivity contribution in [3.63, 3.8) is 0 Å². The Balaban J connectivity index is 1.44. The molecule has 0 saturated carbocycles. The third-order valence-corrected chi connectivity index (χ3v) is 5.48. The summed E-state index contributed by atoms with van der Waals surface area (Å²) in [5.41, 5.74) is 3.21. The lowest BCUT2D eigenvalue weighted by Gasteiger charge is -2.26. The number of hydrogen-bond acceptors (Lipinski definition) is 3. The van der Waals surface area contributed by atoms with Crippen molar-refractivity contribution in [3.05, 3.63) is 77.6 Å². The van der Waals surface area contributed by atoms with E-state index in [4.69, 9.17) is 0 Å². The first-order valence-electron chi connectivity index (χ1n) is 10.7. The lowest BCUT2D eigenvalue weighted by Crippen LogP contribution is -2.40. The maximum atomic E-state index is 14.7. The molecule has 0 spiro atoms. The number of fused-ring (bicyclic) bond motifs is 1. The number of carbonyl (C=O) groups excluding carboxylic acids is 1. The standard InChI is InChI=1S/C24H27FN6O/c1-3-26-24(29-15-18-13-23(32)30-21-7-5-4-6-19(18)21)28-14-17-8-9-22(20(25)12-17)31-11-10-27-16(31)2/h4-12,18H,3,13-15H2,1-2H3,(H,30,32)(H2,26,28,29). The third-order valence-electron chi connectivity index (χ3n) is 5.48. The van der Waals surface area contributed by atoms with Crippen LogP contribution in [-0.4, -0.2) is 34.5 Å². The molecular weight excluding hydrogens is 407 g/mol. The normalized spacial score (nSPS) is 15.8. The van der Waals surface area contributed by atoms with E-state index in [1.807, 2.05) is 44.2 Å². The minimum Gasteiger partial charge on any atom is -0.357 e. The molecule has 166 valence electrons. The first kappa shape index (κ1) is 21.5. The number of halogens is 1. The zero-order valence-electron chi connectivity index (χ0n) is 18.2. The fraction of sp³-hybridized carbons (Fsp3) is 0.292. The second-order valence-corrected chi connectivity index (χ2v) is 7.74. The van der Waals surface area contributed by atoms with E-state index in [0.717, 1.165) is 22.6 Å². The molecular formula is C24H27FN6O. The Bertz CT molecular complexity index is 1140. The number of imidazole rings is 1. The zero-order chi connectivity index (χ0) is 22.5. The highest BCUT2D eigenvalue weighted by Gasteiger charge is 2.24. The number of nitrogens with one attached hydrogen (secondary N) is 3. The molecule has 0 aliphatic carbocycles. The Hall–Kier alpha value is -3.68. The molecule has 4 rings (SSSR count). The summed E-state index contributed by atoms with van der Waals surface area (Å²) in [4.78, 5) is 20.8. The number of amides is 1. The minimum absolute atomic E-state index is 0.0149. The summed E-state index contributed by atoms with van der Waals surface area (Å²) in [5, 5.41) is 9.47. The third kappa shape index (κ3) is 4.80. The number of carbonyl (C=O) groups is 1. The van der Waals surface area contributed by atoms with Gasteiger partial charge in [0.15, 0.2) is 5.96 Å². The molecule has 7 nitrogen and oxygen atoms in total. The molecule has 1 aromatic heterocycles. The quantitative estimate of drug-likeness (QED) is 0.410. The molecule has 1 unspecified atom stereocenters. The smallest absolute Gasteiger partial charge is 0.225 e. The van der Waals surface area contributed by atoms with Crippen LogP contribution >= 0.6 is 0 Å². The number of para-hydroxylation sites is 1. The van der Waals surface area contributed by atoms with E-state index in [1.165, 1.54) is 6.07 Å². The van der Waals surface area contributed by atoms with Crippen molar-refractivity contribution < 1.29 is 9.18 Å². The maximum absolute atomic E-state index is 14.7. The highest BCUT2D eigenvalue weighted by molar-refractivity contribution is 5.94. The summed E-state index contributed by atoms with van der Waals surface area (Å²) < 4.78 is 16.4. The largest absolute Gasteiger partial charge is 0.357 e. The van der Waals surface area contributed by atoms with Crippen molar-refractivity contribution in [1.82, 2.24) is 20.2 Å². The van der Waals surface area contributed by atoms with E-state index in [0.29, 0.717) is 37.7 Å². The monoisotopic (exact) mass is 434 g/mol. The van der Waals surface area contributed by atoms with Gasteiger partial charge in [0.2, 0.25) is 5.91 Å². The van der Waals surface area contributed by atoms with E-state index in [2.05, 4.69) is 25.9 Å². The first-order valence-corrected chi connectivity index (χ1v) is 10.7. The van der Waals surface area contributed by atoms with Crippen LogP contribution in [0.4, 0.5) is 10.1 Å². The molecule has 2 heterocycles. The predicted octanol–water partition coefficient (Wildman–Crippen LogP) is 3.50. The van der Waals surface area contributed by atoms with Gasteiger partial charge in [0.1, 0.15) is 11.6 Å². The van der Waals surface area contributed by atoms with Gasteiger partial charge >= 0.3 is 0 Å². The second-order valence-electron chi connectivity index (χ2n) is 7.74. The van der Waals surface area contributed by atoms with Crippen LogP contribution in [0, 0.1) is 12.7 Å². The number of anilines is 1. The van der Waals surface area contributed by atoms with Crippen molar-refractivity contribution in [3.8, 4) is 5.69 Å². The van der Waals surface area contributed by atoms with Crippen LogP contribution in [0.25, 0.3) is 5.69 Å². The van der Waals surface area contributed by atoms with Gasteiger partial charge in [0.05, 0.1) is 12.2 Å². The number of rotatable bonds is 6. The average molecular weight is 435 g/mol. The van der Waals surface area contributed by atoms with Crippen LogP contribution in [0.1, 0.15) is 36.2 Å². The fourth-order valence-electron chi connectivity index (χ4n) is 3.89. The van der Waals surface area contributed by atoms with E-state index < -0.39 is 0 Å². The Labute approximate surface area is 186 Å². The lowest BCUT2D eigenvalue weighted by molar-refractivity contribution is -0.116. The van der Waals surface area contributed by atoms with Crippen LogP contribution in [0.5, 0.6) is 0 Å². The summed E-state index contributed by atoms with van der Waals surface area (Å²) in [7, 11) is 0. The van der Waals surface area contributed by atoms with Crippen molar-refractivity contribution in [2.45, 2.75) is 32.7 Å². The number of aliphatic imine (C=N–C) groups is 1. The average Bonchev–Trinajstić information content (AvgIpc) is 3.21. The number of benzene rings is 2. The Kier molecular flexibility index (Phi) is 6.49. The van der Waals surface area contributed by atoms with Gasteiger partial charge in [-0.2, -0.15) is 0 Å². The molecule has 32 heavy (non-hydrogen) atoms. The first-order chi connectivity index (χ1) is 15.5. The predicted molar refractivity (Wildman–Crippen MR) is 124 cm³/mol. The molecule has 1 aliphatic heterocycles. The molecule has 3 aromatic rings. The van der Waals surface area contributed by atoms with Crippen molar-refractivity contribution in [2.75, 3.05) is 18.4 Å². The topological polar surface area (TPSA) is 83.3 Å². The van der Waals surface area contributed by atoms with E-state index >= 15 is 0 Å². The highest BCUT2D eigenvalue weighted by atomic mass is 19.1. The van der Waals surface area contributed by atoms with Gasteiger partial charge < -0.3 is 20.5 Å². The van der Waals surface area contributed by atoms with Crippen LogP contribution in [0.3, 0.4) is 0 Å². The molecule has 3 N–H and O–H groups in total. The summed E-state index contributed by atoms with van der Waals surface area (Å²) >= 11 is 0. The number of aryl methyl sites for hydroxylation is 1. The summed E-state index contributed by atoms with van der Waals surface area (Å²) in [5.74, 6) is 1.11. The summed E-state index contributed by atoms with van der Waals surface area (Å²) in [6.07, 6.45) is 3.81. The van der Waals surface area contributed by atoms with Crippen LogP contribution in [0.2, 0.25) is 0 Å². The minimum atomic E-state index is -0.318. The maximum Gasteiger partial charge on any atom is 0.225 e. The lowest BCUT2D eigenvalue weighted by atomic mass is 9.90. The molecule has 0 radical (unpaired) electrons. The Morgan fingerprint density at radius 1 is 1.28 bits per heavy atom. The fourth-order valence-corrected chi connectivity index (χ4v) is 3.89. The molecule has 2 aromatic carbocycles.